The molecule has 2 N–H and O–H groups in total. The molecule has 1 aromatic heterocycles. The van der Waals surface area contributed by atoms with Crippen molar-refractivity contribution in [1.82, 2.24) is 9.78 Å². The van der Waals surface area contributed by atoms with Crippen molar-refractivity contribution in [1.29, 1.82) is 0 Å². The van der Waals surface area contributed by atoms with E-state index in [0.717, 1.165) is 67.6 Å². The largest absolute Gasteiger partial charge is 0.505 e. The van der Waals surface area contributed by atoms with Crippen LogP contribution in [-0.2, 0) is 22.5 Å². The minimum atomic E-state index is -0.936. The third kappa shape index (κ3) is 5.90. The van der Waals surface area contributed by atoms with Gasteiger partial charge in [-0.2, -0.15) is 5.10 Å². The highest BCUT2D eigenvalue weighted by atomic mass is 19.1. The Balaban J connectivity index is 1.62. The van der Waals surface area contributed by atoms with Crippen LogP contribution in [0, 0.1) is 17.7 Å². The van der Waals surface area contributed by atoms with Gasteiger partial charge in [-0.15, -0.1) is 0 Å². The summed E-state index contributed by atoms with van der Waals surface area (Å²) in [5.74, 6) is -1.10. The number of carboxylic acids is 1. The van der Waals surface area contributed by atoms with Crippen molar-refractivity contribution < 1.29 is 24.1 Å². The van der Waals surface area contributed by atoms with Crippen LogP contribution in [0.5, 0.6) is 5.75 Å². The number of halogens is 1. The number of phenols is 1. The molecule has 0 spiro atoms. The van der Waals surface area contributed by atoms with Crippen LogP contribution in [0.25, 0.3) is 22.4 Å². The maximum Gasteiger partial charge on any atom is 0.329 e. The molecule has 35 heavy (non-hydrogen) atoms. The first-order valence-electron chi connectivity index (χ1n) is 12.4. The van der Waals surface area contributed by atoms with E-state index in [9.17, 15) is 9.90 Å². The highest BCUT2D eigenvalue weighted by Gasteiger charge is 2.27. The van der Waals surface area contributed by atoms with E-state index in [1.54, 1.807) is 12.1 Å². The molecule has 2 aromatic carbocycles. The summed E-state index contributed by atoms with van der Waals surface area (Å²) >= 11 is 0. The van der Waals surface area contributed by atoms with Gasteiger partial charge in [0.15, 0.2) is 11.6 Å². The van der Waals surface area contributed by atoms with E-state index in [1.807, 2.05) is 30.3 Å². The van der Waals surface area contributed by atoms with Gasteiger partial charge in [0.2, 0.25) is 0 Å². The number of aromatic nitrogens is 2. The number of phenolic OH excluding ortho intramolecular Hbond substituents is 1. The molecule has 0 aliphatic heterocycles. The minimum absolute atomic E-state index is 0.246. The van der Waals surface area contributed by atoms with Crippen LogP contribution in [0.3, 0.4) is 0 Å². The molecule has 0 bridgehead atoms. The van der Waals surface area contributed by atoms with Gasteiger partial charge >= 0.3 is 5.97 Å². The third-order valence-electron chi connectivity index (χ3n) is 6.82. The predicted molar refractivity (Wildman–Crippen MR) is 133 cm³/mol. The number of hydrogen-bond donors (Lipinski definition) is 2. The fourth-order valence-corrected chi connectivity index (χ4v) is 5.07. The number of aromatic hydroxyl groups is 1. The van der Waals surface area contributed by atoms with Crippen LogP contribution in [0.2, 0.25) is 0 Å². The fraction of sp³-hybridized carbons (Fsp3) is 0.429. The molecule has 186 valence electrons. The summed E-state index contributed by atoms with van der Waals surface area (Å²) in [6.07, 6.45) is 5.66. The van der Waals surface area contributed by atoms with Crippen LogP contribution in [0.1, 0.15) is 44.7 Å². The standard InChI is InChI=1S/C28H33FN2O4/c1-2-7-23-26(22-10-6-11-24(32)27(22)29)28(21-8-4-3-5-9-21)30-31(23)16-19-12-14-20(15-13-19)17-35-18-25(33)34/h3-6,8-11,19-20,32H,2,7,12-18H2,1H3,(H,33,34). The first-order valence-corrected chi connectivity index (χ1v) is 12.4. The lowest BCUT2D eigenvalue weighted by Crippen LogP contribution is -2.23. The average Bonchev–Trinajstić information content (AvgIpc) is 3.20. The van der Waals surface area contributed by atoms with Gasteiger partial charge in [0.1, 0.15) is 12.3 Å². The van der Waals surface area contributed by atoms with E-state index in [2.05, 4.69) is 11.6 Å². The Morgan fingerprint density at radius 2 is 1.80 bits per heavy atom. The normalized spacial score (nSPS) is 18.0. The van der Waals surface area contributed by atoms with Gasteiger partial charge in [0, 0.05) is 28.9 Å². The summed E-state index contributed by atoms with van der Waals surface area (Å²) < 4.78 is 22.5. The number of hydrogen-bond acceptors (Lipinski definition) is 4. The highest BCUT2D eigenvalue weighted by Crippen LogP contribution is 2.39. The number of ether oxygens (including phenoxy) is 1. The summed E-state index contributed by atoms with van der Waals surface area (Å²) in [5.41, 5.74) is 3.76. The Morgan fingerprint density at radius 1 is 1.09 bits per heavy atom. The molecule has 0 atom stereocenters. The summed E-state index contributed by atoms with van der Waals surface area (Å²) in [7, 11) is 0. The monoisotopic (exact) mass is 480 g/mol. The van der Waals surface area contributed by atoms with Gasteiger partial charge < -0.3 is 14.9 Å². The maximum absolute atomic E-state index is 15.1. The van der Waals surface area contributed by atoms with Crippen LogP contribution in [-0.4, -0.2) is 39.2 Å². The molecule has 7 heteroatoms. The van der Waals surface area contributed by atoms with Gasteiger partial charge in [-0.25, -0.2) is 9.18 Å². The first-order chi connectivity index (χ1) is 17.0. The van der Waals surface area contributed by atoms with Crippen molar-refractivity contribution in [3.05, 3.63) is 60.0 Å². The van der Waals surface area contributed by atoms with Crippen molar-refractivity contribution in [2.45, 2.75) is 52.0 Å². The highest BCUT2D eigenvalue weighted by molar-refractivity contribution is 5.83. The maximum atomic E-state index is 15.1. The number of carboxylic acid groups (broad SMARTS) is 1. The number of benzene rings is 2. The van der Waals surface area contributed by atoms with Crippen molar-refractivity contribution in [2.24, 2.45) is 11.8 Å². The van der Waals surface area contributed by atoms with E-state index >= 15 is 4.39 Å². The quantitative estimate of drug-likeness (QED) is 0.376. The molecule has 1 aliphatic carbocycles. The van der Waals surface area contributed by atoms with E-state index < -0.39 is 11.8 Å². The molecule has 1 saturated carbocycles. The van der Waals surface area contributed by atoms with Crippen molar-refractivity contribution in [3.8, 4) is 28.1 Å². The Morgan fingerprint density at radius 3 is 2.49 bits per heavy atom. The lowest BCUT2D eigenvalue weighted by Gasteiger charge is -2.28. The summed E-state index contributed by atoms with van der Waals surface area (Å²) in [6, 6.07) is 14.6. The number of carbonyl (C=O) groups is 1. The second kappa shape index (κ2) is 11.5. The van der Waals surface area contributed by atoms with E-state index in [1.165, 1.54) is 6.07 Å². The second-order valence-electron chi connectivity index (χ2n) is 9.40. The zero-order valence-corrected chi connectivity index (χ0v) is 20.1. The molecule has 3 aromatic rings. The summed E-state index contributed by atoms with van der Waals surface area (Å²) in [4.78, 5) is 10.7. The molecular formula is C28H33FN2O4. The number of rotatable bonds is 10. The Bertz CT molecular complexity index is 1140. The lowest BCUT2D eigenvalue weighted by atomic mass is 9.82. The molecule has 1 heterocycles. The zero-order chi connectivity index (χ0) is 24.8. The second-order valence-corrected chi connectivity index (χ2v) is 9.40. The van der Waals surface area contributed by atoms with Crippen LogP contribution in [0.15, 0.2) is 48.5 Å². The number of nitrogens with zero attached hydrogens (tertiary/aromatic N) is 2. The van der Waals surface area contributed by atoms with Crippen LogP contribution in [0.4, 0.5) is 4.39 Å². The molecule has 4 rings (SSSR count). The van der Waals surface area contributed by atoms with Crippen molar-refractivity contribution >= 4 is 5.97 Å². The molecular weight excluding hydrogens is 447 g/mol. The molecule has 1 aliphatic rings. The molecule has 0 saturated heterocycles. The fourth-order valence-electron chi connectivity index (χ4n) is 5.07. The van der Waals surface area contributed by atoms with Crippen LogP contribution >= 0.6 is 0 Å². The van der Waals surface area contributed by atoms with Crippen molar-refractivity contribution in [3.63, 3.8) is 0 Å². The van der Waals surface area contributed by atoms with Gasteiger partial charge in [-0.05, 0) is 50.0 Å². The number of aliphatic carboxylic acids is 1. The van der Waals surface area contributed by atoms with Gasteiger partial charge in [-0.3, -0.25) is 4.68 Å². The molecule has 0 unspecified atom stereocenters. The van der Waals surface area contributed by atoms with Crippen LogP contribution < -0.4 is 0 Å². The van der Waals surface area contributed by atoms with Crippen molar-refractivity contribution in [2.75, 3.05) is 13.2 Å². The van der Waals surface area contributed by atoms with Gasteiger partial charge in [0.25, 0.3) is 0 Å². The van der Waals surface area contributed by atoms with Gasteiger partial charge in [-0.1, -0.05) is 55.8 Å². The van der Waals surface area contributed by atoms with Gasteiger partial charge in [0.05, 0.1) is 6.61 Å². The lowest BCUT2D eigenvalue weighted by molar-refractivity contribution is -0.142. The molecule has 0 radical (unpaired) electrons. The first kappa shape index (κ1) is 24.9. The van der Waals surface area contributed by atoms with E-state index in [4.69, 9.17) is 14.9 Å². The Hall–Kier alpha value is -3.19. The predicted octanol–water partition coefficient (Wildman–Crippen LogP) is 5.92. The minimum Gasteiger partial charge on any atom is -0.505 e. The topological polar surface area (TPSA) is 84.6 Å². The smallest absolute Gasteiger partial charge is 0.329 e. The summed E-state index contributed by atoms with van der Waals surface area (Å²) in [5, 5.41) is 23.9. The molecule has 0 amide bonds. The summed E-state index contributed by atoms with van der Waals surface area (Å²) in [6.45, 7) is 3.09. The van der Waals surface area contributed by atoms with E-state index in [0.29, 0.717) is 24.0 Å². The molecule has 1 fully saturated rings. The zero-order valence-electron chi connectivity index (χ0n) is 20.1. The Labute approximate surface area is 205 Å². The average molecular weight is 481 g/mol. The third-order valence-corrected chi connectivity index (χ3v) is 6.82. The molecule has 6 nitrogen and oxygen atoms in total. The Kier molecular flexibility index (Phi) is 8.18. The SMILES string of the molecule is CCCc1c(-c2cccc(O)c2F)c(-c2ccccc2)nn1CC1CCC(COCC(=O)O)CC1. The van der Waals surface area contributed by atoms with E-state index in [-0.39, 0.29) is 12.4 Å².